The third-order valence-corrected chi connectivity index (χ3v) is 3.78. The van der Waals surface area contributed by atoms with Crippen molar-refractivity contribution in [3.8, 4) is 5.75 Å². The van der Waals surface area contributed by atoms with Crippen molar-refractivity contribution in [3.63, 3.8) is 0 Å². The van der Waals surface area contributed by atoms with Crippen LogP contribution >= 0.6 is 0 Å². The van der Waals surface area contributed by atoms with Gasteiger partial charge in [-0.05, 0) is 35.2 Å². The van der Waals surface area contributed by atoms with Crippen molar-refractivity contribution >= 4 is 16.7 Å². The summed E-state index contributed by atoms with van der Waals surface area (Å²) >= 11 is 0. The molecule has 1 amide bonds. The summed E-state index contributed by atoms with van der Waals surface area (Å²) in [5, 5.41) is 3.79. The zero-order chi connectivity index (χ0) is 19.4. The maximum absolute atomic E-state index is 12.3. The van der Waals surface area contributed by atoms with Crippen molar-refractivity contribution in [3.05, 3.63) is 76.2 Å². The van der Waals surface area contributed by atoms with E-state index >= 15 is 0 Å². The fourth-order valence-electron chi connectivity index (χ4n) is 2.48. The number of ether oxygens (including phenoxy) is 1. The SMILES string of the molecule is O=C(NCc1ccc(OCC(F)(F)F)cc1)c1cc2ccccc2c(=O)[nH]1. The molecule has 3 aromatic rings. The fraction of sp³-hybridized carbons (Fsp3) is 0.158. The second-order valence-electron chi connectivity index (χ2n) is 5.83. The molecule has 0 aliphatic heterocycles. The topological polar surface area (TPSA) is 71.2 Å². The summed E-state index contributed by atoms with van der Waals surface area (Å²) < 4.78 is 41.0. The Kier molecular flexibility index (Phi) is 5.16. The zero-order valence-electron chi connectivity index (χ0n) is 14.0. The summed E-state index contributed by atoms with van der Waals surface area (Å²) in [5.41, 5.74) is 0.444. The fourth-order valence-corrected chi connectivity index (χ4v) is 2.48. The Balaban J connectivity index is 1.63. The lowest BCUT2D eigenvalue weighted by Gasteiger charge is -2.10. The molecule has 0 aliphatic carbocycles. The van der Waals surface area contributed by atoms with Gasteiger partial charge in [0.25, 0.3) is 11.5 Å². The van der Waals surface area contributed by atoms with Gasteiger partial charge in [-0.3, -0.25) is 9.59 Å². The van der Waals surface area contributed by atoms with Gasteiger partial charge in [0.1, 0.15) is 11.4 Å². The van der Waals surface area contributed by atoms with Crippen molar-refractivity contribution in [2.45, 2.75) is 12.7 Å². The predicted octanol–water partition coefficient (Wildman–Crippen LogP) is 3.40. The molecule has 5 nitrogen and oxygen atoms in total. The lowest BCUT2D eigenvalue weighted by molar-refractivity contribution is -0.153. The standard InChI is InChI=1S/C19H15F3N2O3/c20-19(21,22)11-27-14-7-5-12(6-8-14)10-23-18(26)16-9-13-3-1-2-4-15(13)17(25)24-16/h1-9H,10-11H2,(H,23,26)(H,24,25). The number of nitrogens with one attached hydrogen (secondary N) is 2. The number of H-pyrrole nitrogens is 1. The lowest BCUT2D eigenvalue weighted by atomic mass is 10.1. The maximum Gasteiger partial charge on any atom is 0.422 e. The molecule has 27 heavy (non-hydrogen) atoms. The summed E-state index contributed by atoms with van der Waals surface area (Å²) in [6, 6.07) is 14.4. The van der Waals surface area contributed by atoms with Crippen LogP contribution in [0.15, 0.2) is 59.4 Å². The van der Waals surface area contributed by atoms with Gasteiger partial charge in [0.15, 0.2) is 6.61 Å². The molecular formula is C19H15F3N2O3. The van der Waals surface area contributed by atoms with E-state index in [9.17, 15) is 22.8 Å². The second-order valence-corrected chi connectivity index (χ2v) is 5.83. The molecule has 140 valence electrons. The van der Waals surface area contributed by atoms with E-state index in [-0.39, 0.29) is 23.5 Å². The molecule has 0 atom stereocenters. The van der Waals surface area contributed by atoms with Gasteiger partial charge in [-0.2, -0.15) is 13.2 Å². The van der Waals surface area contributed by atoms with Crippen molar-refractivity contribution in [1.29, 1.82) is 0 Å². The van der Waals surface area contributed by atoms with E-state index in [0.29, 0.717) is 16.3 Å². The first-order valence-electron chi connectivity index (χ1n) is 8.00. The van der Waals surface area contributed by atoms with Crippen LogP contribution in [0.4, 0.5) is 13.2 Å². The number of hydrogen-bond acceptors (Lipinski definition) is 3. The third kappa shape index (κ3) is 4.87. The van der Waals surface area contributed by atoms with Crippen LogP contribution < -0.4 is 15.6 Å². The molecular weight excluding hydrogens is 361 g/mol. The number of hydrogen-bond donors (Lipinski definition) is 2. The molecule has 0 spiro atoms. The van der Waals surface area contributed by atoms with E-state index in [1.807, 2.05) is 0 Å². The Morgan fingerprint density at radius 2 is 1.78 bits per heavy atom. The quantitative estimate of drug-likeness (QED) is 0.717. The normalized spacial score (nSPS) is 11.4. The largest absolute Gasteiger partial charge is 0.484 e. The number of aromatic nitrogens is 1. The van der Waals surface area contributed by atoms with Crippen LogP contribution in [0.3, 0.4) is 0 Å². The number of carbonyl (C=O) groups excluding carboxylic acids is 1. The van der Waals surface area contributed by atoms with Crippen LogP contribution in [0.1, 0.15) is 16.1 Å². The number of benzene rings is 2. The molecule has 2 N–H and O–H groups in total. The first-order valence-corrected chi connectivity index (χ1v) is 8.00. The van der Waals surface area contributed by atoms with Crippen LogP contribution in [-0.2, 0) is 6.54 Å². The minimum absolute atomic E-state index is 0.0845. The number of rotatable bonds is 5. The van der Waals surface area contributed by atoms with Gasteiger partial charge in [0.05, 0.1) is 0 Å². The molecule has 0 saturated heterocycles. The van der Waals surface area contributed by atoms with E-state index in [0.717, 1.165) is 0 Å². The van der Waals surface area contributed by atoms with Gasteiger partial charge < -0.3 is 15.0 Å². The highest BCUT2D eigenvalue weighted by molar-refractivity contribution is 5.96. The van der Waals surface area contributed by atoms with Crippen molar-refractivity contribution in [2.24, 2.45) is 0 Å². The van der Waals surface area contributed by atoms with Gasteiger partial charge in [-0.1, -0.05) is 30.3 Å². The zero-order valence-corrected chi connectivity index (χ0v) is 14.0. The van der Waals surface area contributed by atoms with E-state index < -0.39 is 18.7 Å². The number of aromatic amines is 1. The number of alkyl halides is 3. The first kappa shape index (κ1) is 18.5. The Labute approximate surface area is 151 Å². The highest BCUT2D eigenvalue weighted by Crippen LogP contribution is 2.19. The van der Waals surface area contributed by atoms with Gasteiger partial charge in [0, 0.05) is 11.9 Å². The number of fused-ring (bicyclic) bond motifs is 1. The highest BCUT2D eigenvalue weighted by Gasteiger charge is 2.28. The number of pyridine rings is 1. The van der Waals surface area contributed by atoms with Crippen LogP contribution in [-0.4, -0.2) is 23.7 Å². The smallest absolute Gasteiger partial charge is 0.422 e. The minimum Gasteiger partial charge on any atom is -0.484 e. The summed E-state index contributed by atoms with van der Waals surface area (Å²) in [6.07, 6.45) is -4.40. The Bertz CT molecular complexity index is 1010. The summed E-state index contributed by atoms with van der Waals surface area (Å²) in [5.74, 6) is -0.378. The summed E-state index contributed by atoms with van der Waals surface area (Å²) in [6.45, 7) is -1.22. The lowest BCUT2D eigenvalue weighted by Crippen LogP contribution is -2.26. The third-order valence-electron chi connectivity index (χ3n) is 3.78. The van der Waals surface area contributed by atoms with Crippen LogP contribution in [0, 0.1) is 0 Å². The molecule has 0 radical (unpaired) electrons. The molecule has 3 rings (SSSR count). The summed E-state index contributed by atoms with van der Waals surface area (Å²) in [7, 11) is 0. The highest BCUT2D eigenvalue weighted by atomic mass is 19.4. The average molecular weight is 376 g/mol. The van der Waals surface area contributed by atoms with Gasteiger partial charge in [0.2, 0.25) is 0 Å². The molecule has 8 heteroatoms. The molecule has 2 aromatic carbocycles. The number of halogens is 3. The Hall–Kier alpha value is -3.29. The molecule has 0 unspecified atom stereocenters. The molecule has 0 aliphatic rings. The van der Waals surface area contributed by atoms with E-state index in [1.165, 1.54) is 12.1 Å². The van der Waals surface area contributed by atoms with Gasteiger partial charge in [-0.15, -0.1) is 0 Å². The second kappa shape index (κ2) is 7.53. The molecule has 0 bridgehead atoms. The Morgan fingerprint density at radius 1 is 1.07 bits per heavy atom. The number of carbonyl (C=O) groups is 1. The van der Waals surface area contributed by atoms with Crippen molar-refractivity contribution in [1.82, 2.24) is 10.3 Å². The summed E-state index contributed by atoms with van der Waals surface area (Å²) in [4.78, 5) is 26.8. The molecule has 0 saturated carbocycles. The molecule has 0 fully saturated rings. The average Bonchev–Trinajstić information content (AvgIpc) is 2.64. The van der Waals surface area contributed by atoms with Crippen molar-refractivity contribution < 1.29 is 22.7 Å². The van der Waals surface area contributed by atoms with E-state index in [1.54, 1.807) is 42.5 Å². The first-order chi connectivity index (χ1) is 12.8. The monoisotopic (exact) mass is 376 g/mol. The van der Waals surface area contributed by atoms with Crippen LogP contribution in [0.25, 0.3) is 10.8 Å². The van der Waals surface area contributed by atoms with Crippen LogP contribution in [0.2, 0.25) is 0 Å². The predicted molar refractivity (Wildman–Crippen MR) is 93.7 cm³/mol. The van der Waals surface area contributed by atoms with E-state index in [2.05, 4.69) is 15.0 Å². The maximum atomic E-state index is 12.3. The number of amides is 1. The van der Waals surface area contributed by atoms with Crippen LogP contribution in [0.5, 0.6) is 5.75 Å². The Morgan fingerprint density at radius 3 is 2.48 bits per heavy atom. The van der Waals surface area contributed by atoms with E-state index in [4.69, 9.17) is 0 Å². The minimum atomic E-state index is -4.40. The van der Waals surface area contributed by atoms with Gasteiger partial charge in [-0.25, -0.2) is 0 Å². The molecule has 1 heterocycles. The van der Waals surface area contributed by atoms with Gasteiger partial charge >= 0.3 is 6.18 Å². The molecule has 1 aromatic heterocycles. The van der Waals surface area contributed by atoms with Crippen molar-refractivity contribution in [2.75, 3.05) is 6.61 Å².